The van der Waals surface area contributed by atoms with E-state index in [-0.39, 0.29) is 17.2 Å². The first-order valence-corrected chi connectivity index (χ1v) is 9.69. The number of morpholine rings is 1. The van der Waals surface area contributed by atoms with Gasteiger partial charge in [0.1, 0.15) is 11.3 Å². The lowest BCUT2D eigenvalue weighted by Crippen LogP contribution is -2.43. The van der Waals surface area contributed by atoms with E-state index in [9.17, 15) is 13.6 Å². The SMILES string of the molecule is Cn1ccnc1C(=O)N(CCN1CCOCC1)c1nc2c(F)cc(F)cc2s1. The Balaban J connectivity index is 1.66. The van der Waals surface area contributed by atoms with Gasteiger partial charge in [-0.1, -0.05) is 11.3 Å². The fourth-order valence-corrected chi connectivity index (χ4v) is 4.13. The summed E-state index contributed by atoms with van der Waals surface area (Å²) in [5.41, 5.74) is 0.0606. The molecule has 0 atom stereocenters. The number of aromatic nitrogens is 3. The fourth-order valence-electron chi connectivity index (χ4n) is 3.10. The number of fused-ring (bicyclic) bond motifs is 1. The molecule has 10 heteroatoms. The van der Waals surface area contributed by atoms with E-state index in [1.165, 1.54) is 11.0 Å². The molecule has 1 aromatic carbocycles. The third-order valence-corrected chi connectivity index (χ3v) is 5.66. The minimum Gasteiger partial charge on any atom is -0.379 e. The van der Waals surface area contributed by atoms with E-state index < -0.39 is 11.6 Å². The number of benzene rings is 1. The number of carbonyl (C=O) groups excluding carboxylic acids is 1. The average molecular weight is 407 g/mol. The van der Waals surface area contributed by atoms with Crippen LogP contribution in [0.15, 0.2) is 24.5 Å². The van der Waals surface area contributed by atoms with Crippen LogP contribution in [0.2, 0.25) is 0 Å². The van der Waals surface area contributed by atoms with Crippen molar-refractivity contribution in [2.75, 3.05) is 44.3 Å². The number of imidazole rings is 1. The fraction of sp³-hybridized carbons (Fsp3) is 0.389. The summed E-state index contributed by atoms with van der Waals surface area (Å²) < 4.78 is 35.0. The van der Waals surface area contributed by atoms with Gasteiger partial charge in [0, 0.05) is 51.7 Å². The summed E-state index contributed by atoms with van der Waals surface area (Å²) >= 11 is 1.09. The number of carbonyl (C=O) groups is 1. The zero-order valence-corrected chi connectivity index (χ0v) is 16.1. The van der Waals surface area contributed by atoms with Crippen molar-refractivity contribution in [3.05, 3.63) is 42.0 Å². The molecule has 1 aliphatic heterocycles. The number of nitrogens with zero attached hydrogens (tertiary/aromatic N) is 5. The average Bonchev–Trinajstić information content (AvgIpc) is 3.29. The van der Waals surface area contributed by atoms with E-state index >= 15 is 0 Å². The third-order valence-electron chi connectivity index (χ3n) is 4.63. The summed E-state index contributed by atoms with van der Waals surface area (Å²) in [6.45, 7) is 3.84. The van der Waals surface area contributed by atoms with Gasteiger partial charge < -0.3 is 9.30 Å². The molecule has 1 saturated heterocycles. The monoisotopic (exact) mass is 407 g/mol. The maximum atomic E-state index is 14.1. The van der Waals surface area contributed by atoms with Crippen molar-refractivity contribution in [2.24, 2.45) is 7.05 Å². The van der Waals surface area contributed by atoms with Crippen LogP contribution in [0, 0.1) is 11.6 Å². The molecule has 0 radical (unpaired) electrons. The summed E-state index contributed by atoms with van der Waals surface area (Å²) in [5, 5.41) is 0.320. The lowest BCUT2D eigenvalue weighted by molar-refractivity contribution is 0.0390. The van der Waals surface area contributed by atoms with Crippen LogP contribution in [0.3, 0.4) is 0 Å². The third kappa shape index (κ3) is 3.75. The van der Waals surface area contributed by atoms with Crippen molar-refractivity contribution in [1.29, 1.82) is 0 Å². The summed E-state index contributed by atoms with van der Waals surface area (Å²) in [5.74, 6) is -1.49. The largest absolute Gasteiger partial charge is 0.379 e. The second-order valence-electron chi connectivity index (χ2n) is 6.50. The van der Waals surface area contributed by atoms with Gasteiger partial charge in [0.05, 0.1) is 17.9 Å². The van der Waals surface area contributed by atoms with E-state index in [4.69, 9.17) is 4.74 Å². The topological polar surface area (TPSA) is 63.5 Å². The van der Waals surface area contributed by atoms with Gasteiger partial charge in [-0.2, -0.15) is 0 Å². The quantitative estimate of drug-likeness (QED) is 0.649. The summed E-state index contributed by atoms with van der Waals surface area (Å²) in [7, 11) is 1.73. The van der Waals surface area contributed by atoms with Crippen LogP contribution in [0.4, 0.5) is 13.9 Å². The number of rotatable bonds is 5. The molecule has 0 saturated carbocycles. The van der Waals surface area contributed by atoms with Crippen molar-refractivity contribution in [2.45, 2.75) is 0 Å². The van der Waals surface area contributed by atoms with Gasteiger partial charge in [-0.3, -0.25) is 14.6 Å². The Morgan fingerprint density at radius 2 is 2.11 bits per heavy atom. The highest BCUT2D eigenvalue weighted by atomic mass is 32.1. The van der Waals surface area contributed by atoms with Crippen LogP contribution < -0.4 is 4.90 Å². The Hall–Kier alpha value is -2.43. The Kier molecular flexibility index (Phi) is 5.33. The molecule has 1 aliphatic rings. The standard InChI is InChI=1S/C18H19F2N5O2S/c1-23-3-2-21-16(23)17(26)25(5-4-24-6-8-27-9-7-24)18-22-15-13(20)10-12(19)11-14(15)28-18/h2-3,10-11H,4-9H2,1H3. The van der Waals surface area contributed by atoms with Crippen molar-refractivity contribution in [3.63, 3.8) is 0 Å². The second kappa shape index (κ2) is 7.90. The molecule has 0 unspecified atom stereocenters. The lowest BCUT2D eigenvalue weighted by Gasteiger charge is -2.29. The number of aryl methyl sites for hydroxylation is 1. The number of amides is 1. The number of thiazole rings is 1. The van der Waals surface area contributed by atoms with Crippen LogP contribution in [0.1, 0.15) is 10.6 Å². The Morgan fingerprint density at radius 3 is 2.82 bits per heavy atom. The molecule has 0 spiro atoms. The van der Waals surface area contributed by atoms with Gasteiger partial charge in [0.25, 0.3) is 5.91 Å². The smallest absolute Gasteiger partial charge is 0.296 e. The first kappa shape index (κ1) is 18.9. The number of anilines is 1. The van der Waals surface area contributed by atoms with Gasteiger partial charge in [0.15, 0.2) is 16.8 Å². The first-order chi connectivity index (χ1) is 13.5. The van der Waals surface area contributed by atoms with E-state index in [0.717, 1.165) is 30.5 Å². The summed E-state index contributed by atoms with van der Waals surface area (Å²) in [6, 6.07) is 2.02. The molecular formula is C18H19F2N5O2S. The summed E-state index contributed by atoms with van der Waals surface area (Å²) in [6.07, 6.45) is 3.22. The van der Waals surface area contributed by atoms with Crippen molar-refractivity contribution >= 4 is 32.6 Å². The molecular weight excluding hydrogens is 388 g/mol. The van der Waals surface area contributed by atoms with Crippen LogP contribution >= 0.6 is 11.3 Å². The molecule has 1 amide bonds. The molecule has 0 aliphatic carbocycles. The predicted octanol–water partition coefficient (Wildman–Crippen LogP) is 2.29. The van der Waals surface area contributed by atoms with Crippen molar-refractivity contribution in [3.8, 4) is 0 Å². The minimum absolute atomic E-state index is 0.0606. The number of hydrogen-bond donors (Lipinski definition) is 0. The number of ether oxygens (including phenoxy) is 1. The zero-order chi connectivity index (χ0) is 19.7. The van der Waals surface area contributed by atoms with E-state index in [1.54, 1.807) is 24.0 Å². The summed E-state index contributed by atoms with van der Waals surface area (Å²) in [4.78, 5) is 25.2. The van der Waals surface area contributed by atoms with Crippen LogP contribution in [-0.4, -0.2) is 64.7 Å². The highest BCUT2D eigenvalue weighted by Gasteiger charge is 2.26. The molecule has 4 rings (SSSR count). The van der Waals surface area contributed by atoms with Crippen LogP contribution in [0.25, 0.3) is 10.2 Å². The van der Waals surface area contributed by atoms with Gasteiger partial charge in [0.2, 0.25) is 0 Å². The van der Waals surface area contributed by atoms with Gasteiger partial charge in [-0.15, -0.1) is 0 Å². The maximum Gasteiger partial charge on any atom is 0.296 e. The van der Waals surface area contributed by atoms with E-state index in [1.807, 2.05) is 0 Å². The van der Waals surface area contributed by atoms with Gasteiger partial charge in [-0.25, -0.2) is 18.7 Å². The molecule has 148 valence electrons. The maximum absolute atomic E-state index is 14.1. The van der Waals surface area contributed by atoms with E-state index in [2.05, 4.69) is 14.9 Å². The molecule has 2 aromatic heterocycles. The van der Waals surface area contributed by atoms with Crippen LogP contribution in [0.5, 0.6) is 0 Å². The molecule has 28 heavy (non-hydrogen) atoms. The van der Waals surface area contributed by atoms with Gasteiger partial charge >= 0.3 is 0 Å². The lowest BCUT2D eigenvalue weighted by atomic mass is 10.3. The van der Waals surface area contributed by atoms with E-state index in [0.29, 0.717) is 36.1 Å². The molecule has 0 N–H and O–H groups in total. The first-order valence-electron chi connectivity index (χ1n) is 8.88. The minimum atomic E-state index is -0.741. The number of halogens is 2. The van der Waals surface area contributed by atoms with Crippen molar-refractivity contribution in [1.82, 2.24) is 19.4 Å². The molecule has 3 aromatic rings. The second-order valence-corrected chi connectivity index (χ2v) is 7.51. The predicted molar refractivity (Wildman–Crippen MR) is 102 cm³/mol. The molecule has 7 nitrogen and oxygen atoms in total. The number of hydrogen-bond acceptors (Lipinski definition) is 6. The Bertz CT molecular complexity index is 999. The molecule has 1 fully saturated rings. The molecule has 0 bridgehead atoms. The van der Waals surface area contributed by atoms with Gasteiger partial charge in [-0.05, 0) is 6.07 Å². The molecule has 3 heterocycles. The highest BCUT2D eigenvalue weighted by Crippen LogP contribution is 2.31. The Morgan fingerprint density at radius 1 is 1.32 bits per heavy atom. The van der Waals surface area contributed by atoms with Crippen molar-refractivity contribution < 1.29 is 18.3 Å². The highest BCUT2D eigenvalue weighted by molar-refractivity contribution is 7.22. The Labute approximate surface area is 164 Å². The normalized spacial score (nSPS) is 15.2. The van der Waals surface area contributed by atoms with Crippen LogP contribution in [-0.2, 0) is 11.8 Å². The zero-order valence-electron chi connectivity index (χ0n) is 15.3.